The lowest BCUT2D eigenvalue weighted by atomic mass is 10.4. The second kappa shape index (κ2) is 4.27. The molecule has 0 radical (unpaired) electrons. The third-order valence-electron chi connectivity index (χ3n) is 1.96. The highest BCUT2D eigenvalue weighted by Crippen LogP contribution is 2.09. The molecule has 2 aromatic rings. The maximum absolute atomic E-state index is 5.72. The number of rotatable bonds is 3. The molecule has 6 heteroatoms. The van der Waals surface area contributed by atoms with E-state index in [1.807, 2.05) is 17.7 Å². The Morgan fingerprint density at radius 3 is 2.93 bits per heavy atom. The number of anilines is 1. The van der Waals surface area contributed by atoms with E-state index in [1.165, 1.54) is 0 Å². The molecule has 0 aliphatic carbocycles. The lowest BCUT2D eigenvalue weighted by Crippen LogP contribution is -2.06. The fraction of sp³-hybridized carbons (Fsp3) is 0.222. The molecule has 78 valence electrons. The fourth-order valence-electron chi connectivity index (χ4n) is 1.12. The third-order valence-corrected chi connectivity index (χ3v) is 2.18. The van der Waals surface area contributed by atoms with E-state index in [9.17, 15) is 0 Å². The number of halogens is 1. The van der Waals surface area contributed by atoms with Crippen molar-refractivity contribution in [3.05, 3.63) is 35.5 Å². The Labute approximate surface area is 92.1 Å². The quantitative estimate of drug-likeness (QED) is 0.856. The highest BCUT2D eigenvalue weighted by molar-refractivity contribution is 6.30. The molecular formula is C9H10ClN5. The fourth-order valence-corrected chi connectivity index (χ4v) is 1.23. The molecule has 1 N–H and O–H groups in total. The molecular weight excluding hydrogens is 214 g/mol. The van der Waals surface area contributed by atoms with Crippen molar-refractivity contribution in [3.63, 3.8) is 0 Å². The van der Waals surface area contributed by atoms with Crippen LogP contribution in [0.3, 0.4) is 0 Å². The summed E-state index contributed by atoms with van der Waals surface area (Å²) in [7, 11) is 1.90. The van der Waals surface area contributed by atoms with Crippen LogP contribution >= 0.6 is 11.6 Å². The van der Waals surface area contributed by atoms with Crippen molar-refractivity contribution in [2.75, 3.05) is 5.32 Å². The molecule has 2 heterocycles. The van der Waals surface area contributed by atoms with Crippen LogP contribution in [0, 0.1) is 0 Å². The average molecular weight is 224 g/mol. The average Bonchev–Trinajstić information content (AvgIpc) is 2.63. The number of aryl methyl sites for hydroxylation is 1. The molecule has 0 atom stereocenters. The van der Waals surface area contributed by atoms with Crippen molar-refractivity contribution in [2.24, 2.45) is 7.05 Å². The van der Waals surface area contributed by atoms with E-state index in [-0.39, 0.29) is 0 Å². The van der Waals surface area contributed by atoms with Gasteiger partial charge in [0.2, 0.25) is 0 Å². The standard InChI is InChI=1S/C9H10ClN5/c1-15-6-13-14-9(15)5-12-8-3-2-7(10)4-11-8/h2-4,6H,5H2,1H3,(H,11,12). The van der Waals surface area contributed by atoms with Gasteiger partial charge in [0.25, 0.3) is 0 Å². The summed E-state index contributed by atoms with van der Waals surface area (Å²) >= 11 is 5.72. The summed E-state index contributed by atoms with van der Waals surface area (Å²) in [4.78, 5) is 4.11. The zero-order valence-electron chi connectivity index (χ0n) is 8.18. The predicted octanol–water partition coefficient (Wildman–Crippen LogP) is 1.48. The van der Waals surface area contributed by atoms with Gasteiger partial charge >= 0.3 is 0 Å². The molecule has 0 aliphatic rings. The molecule has 0 bridgehead atoms. The summed E-state index contributed by atoms with van der Waals surface area (Å²) in [6, 6.07) is 3.60. The highest BCUT2D eigenvalue weighted by Gasteiger charge is 2.00. The minimum atomic E-state index is 0.588. The van der Waals surface area contributed by atoms with Gasteiger partial charge in [-0.3, -0.25) is 0 Å². The lowest BCUT2D eigenvalue weighted by Gasteiger charge is -2.04. The number of hydrogen-bond acceptors (Lipinski definition) is 4. The Morgan fingerprint density at radius 2 is 2.33 bits per heavy atom. The smallest absolute Gasteiger partial charge is 0.151 e. The van der Waals surface area contributed by atoms with E-state index >= 15 is 0 Å². The van der Waals surface area contributed by atoms with Crippen molar-refractivity contribution in [1.82, 2.24) is 19.7 Å². The summed E-state index contributed by atoms with van der Waals surface area (Å²) < 4.78 is 1.85. The number of aromatic nitrogens is 4. The van der Waals surface area contributed by atoms with Gasteiger partial charge in [-0.15, -0.1) is 10.2 Å². The van der Waals surface area contributed by atoms with Crippen LogP contribution in [0.4, 0.5) is 5.82 Å². The maximum atomic E-state index is 5.72. The summed E-state index contributed by atoms with van der Waals surface area (Å²) in [6.45, 7) is 0.588. The monoisotopic (exact) mass is 223 g/mol. The number of hydrogen-bond donors (Lipinski definition) is 1. The van der Waals surface area contributed by atoms with Gasteiger partial charge in [-0.1, -0.05) is 11.6 Å². The molecule has 0 amide bonds. The Hall–Kier alpha value is -1.62. The van der Waals surface area contributed by atoms with Crippen molar-refractivity contribution in [3.8, 4) is 0 Å². The molecule has 2 rings (SSSR count). The lowest BCUT2D eigenvalue weighted by molar-refractivity contribution is 0.810. The minimum absolute atomic E-state index is 0.588. The third kappa shape index (κ3) is 2.44. The first-order valence-electron chi connectivity index (χ1n) is 4.44. The van der Waals surface area contributed by atoms with Crippen LogP contribution in [0.2, 0.25) is 5.02 Å². The van der Waals surface area contributed by atoms with Crippen LogP contribution in [-0.4, -0.2) is 19.7 Å². The number of nitrogens with one attached hydrogen (secondary N) is 1. The molecule has 0 saturated carbocycles. The summed E-state index contributed by atoms with van der Waals surface area (Å²) in [5.74, 6) is 1.62. The Morgan fingerprint density at radius 1 is 1.47 bits per heavy atom. The largest absolute Gasteiger partial charge is 0.363 e. The van der Waals surface area contributed by atoms with E-state index < -0.39 is 0 Å². The van der Waals surface area contributed by atoms with E-state index in [0.29, 0.717) is 11.6 Å². The minimum Gasteiger partial charge on any atom is -0.363 e. The first kappa shape index (κ1) is 9.92. The second-order valence-electron chi connectivity index (χ2n) is 3.07. The van der Waals surface area contributed by atoms with Gasteiger partial charge < -0.3 is 9.88 Å². The first-order chi connectivity index (χ1) is 7.25. The van der Waals surface area contributed by atoms with E-state index in [2.05, 4.69) is 20.5 Å². The normalized spacial score (nSPS) is 10.3. The van der Waals surface area contributed by atoms with Gasteiger partial charge in [0.15, 0.2) is 5.82 Å². The molecule has 0 saturated heterocycles. The van der Waals surface area contributed by atoms with Crippen molar-refractivity contribution >= 4 is 17.4 Å². The SMILES string of the molecule is Cn1cnnc1CNc1ccc(Cl)cn1. The number of pyridine rings is 1. The molecule has 15 heavy (non-hydrogen) atoms. The number of nitrogens with zero attached hydrogens (tertiary/aromatic N) is 4. The van der Waals surface area contributed by atoms with E-state index in [0.717, 1.165) is 11.6 Å². The molecule has 0 aliphatic heterocycles. The first-order valence-corrected chi connectivity index (χ1v) is 4.82. The van der Waals surface area contributed by atoms with Gasteiger partial charge in [0.1, 0.15) is 12.1 Å². The van der Waals surface area contributed by atoms with Crippen LogP contribution < -0.4 is 5.32 Å². The van der Waals surface area contributed by atoms with Crippen LogP contribution in [0.1, 0.15) is 5.82 Å². The molecule has 0 fully saturated rings. The molecule has 0 spiro atoms. The topological polar surface area (TPSA) is 55.6 Å². The maximum Gasteiger partial charge on any atom is 0.151 e. The Balaban J connectivity index is 1.99. The van der Waals surface area contributed by atoms with Crippen LogP contribution in [-0.2, 0) is 13.6 Å². The van der Waals surface area contributed by atoms with Crippen LogP contribution in [0.25, 0.3) is 0 Å². The Bertz CT molecular complexity index is 436. The molecule has 2 aromatic heterocycles. The van der Waals surface area contributed by atoms with Crippen LogP contribution in [0.5, 0.6) is 0 Å². The summed E-state index contributed by atoms with van der Waals surface area (Å²) in [6.07, 6.45) is 3.26. The molecule has 0 aromatic carbocycles. The second-order valence-corrected chi connectivity index (χ2v) is 3.51. The van der Waals surface area contributed by atoms with Crippen LogP contribution in [0.15, 0.2) is 24.7 Å². The molecule has 0 unspecified atom stereocenters. The Kier molecular flexibility index (Phi) is 2.82. The zero-order chi connectivity index (χ0) is 10.7. The highest BCUT2D eigenvalue weighted by atomic mass is 35.5. The van der Waals surface area contributed by atoms with E-state index in [4.69, 9.17) is 11.6 Å². The molecule has 5 nitrogen and oxygen atoms in total. The summed E-state index contributed by atoms with van der Waals surface area (Å²) in [5.41, 5.74) is 0. The van der Waals surface area contributed by atoms with E-state index in [1.54, 1.807) is 18.6 Å². The van der Waals surface area contributed by atoms with Gasteiger partial charge in [-0.2, -0.15) is 0 Å². The zero-order valence-corrected chi connectivity index (χ0v) is 8.94. The van der Waals surface area contributed by atoms with Gasteiger partial charge in [0, 0.05) is 13.2 Å². The predicted molar refractivity (Wildman–Crippen MR) is 57.6 cm³/mol. The summed E-state index contributed by atoms with van der Waals surface area (Å²) in [5, 5.41) is 11.5. The van der Waals surface area contributed by atoms with Crippen molar-refractivity contribution in [2.45, 2.75) is 6.54 Å². The van der Waals surface area contributed by atoms with Crippen molar-refractivity contribution in [1.29, 1.82) is 0 Å². The van der Waals surface area contributed by atoms with Gasteiger partial charge in [-0.25, -0.2) is 4.98 Å². The van der Waals surface area contributed by atoms with Gasteiger partial charge in [0.05, 0.1) is 11.6 Å². The van der Waals surface area contributed by atoms with Gasteiger partial charge in [-0.05, 0) is 12.1 Å². The van der Waals surface area contributed by atoms with Crippen molar-refractivity contribution < 1.29 is 0 Å².